The van der Waals surface area contributed by atoms with E-state index in [9.17, 15) is 4.79 Å². The van der Waals surface area contributed by atoms with Crippen molar-refractivity contribution in [1.82, 2.24) is 0 Å². The minimum absolute atomic E-state index is 0.556. The fourth-order valence-corrected chi connectivity index (χ4v) is 1.02. The van der Waals surface area contributed by atoms with E-state index in [0.717, 1.165) is 5.56 Å². The standard InChI is InChI=1S/C10H7ClO2/c1-7-2-4-9(11)6-8(7)3-5-10(12)13/h2,4,6H,1H3,(H,12,13). The number of benzene rings is 1. The Balaban J connectivity index is 3.09. The summed E-state index contributed by atoms with van der Waals surface area (Å²) in [6.07, 6.45) is 0. The van der Waals surface area contributed by atoms with Crippen molar-refractivity contribution in [1.29, 1.82) is 0 Å². The lowest BCUT2D eigenvalue weighted by molar-refractivity contribution is -0.130. The van der Waals surface area contributed by atoms with Crippen LogP contribution in [0.1, 0.15) is 11.1 Å². The third-order valence-electron chi connectivity index (χ3n) is 1.50. The van der Waals surface area contributed by atoms with Gasteiger partial charge in [-0.15, -0.1) is 0 Å². The van der Waals surface area contributed by atoms with Crippen LogP contribution in [0.25, 0.3) is 0 Å². The monoisotopic (exact) mass is 194 g/mol. The van der Waals surface area contributed by atoms with Gasteiger partial charge in [0.25, 0.3) is 0 Å². The summed E-state index contributed by atoms with van der Waals surface area (Å²) in [6.45, 7) is 1.85. The zero-order valence-electron chi connectivity index (χ0n) is 6.97. The van der Waals surface area contributed by atoms with Crippen molar-refractivity contribution in [3.63, 3.8) is 0 Å². The smallest absolute Gasteiger partial charge is 0.382 e. The molecule has 0 atom stereocenters. The van der Waals surface area contributed by atoms with Crippen LogP contribution in [0.15, 0.2) is 18.2 Å². The molecule has 0 radical (unpaired) electrons. The molecular formula is C10H7ClO2. The van der Waals surface area contributed by atoms with Crippen LogP contribution in [0.4, 0.5) is 0 Å². The van der Waals surface area contributed by atoms with Crippen LogP contribution in [0.2, 0.25) is 5.02 Å². The Labute approximate surface area is 81.1 Å². The quantitative estimate of drug-likeness (QED) is 0.642. The van der Waals surface area contributed by atoms with Gasteiger partial charge in [0.15, 0.2) is 0 Å². The van der Waals surface area contributed by atoms with Crippen molar-refractivity contribution in [3.8, 4) is 11.8 Å². The SMILES string of the molecule is Cc1ccc(Cl)cc1C#CC(=O)O. The molecule has 0 unspecified atom stereocenters. The Kier molecular flexibility index (Phi) is 2.94. The zero-order valence-corrected chi connectivity index (χ0v) is 7.72. The van der Waals surface area contributed by atoms with Crippen molar-refractivity contribution in [3.05, 3.63) is 34.3 Å². The lowest BCUT2D eigenvalue weighted by atomic mass is 10.1. The van der Waals surface area contributed by atoms with Crippen molar-refractivity contribution >= 4 is 17.6 Å². The van der Waals surface area contributed by atoms with Gasteiger partial charge >= 0.3 is 5.97 Å². The first kappa shape index (κ1) is 9.63. The van der Waals surface area contributed by atoms with Crippen LogP contribution in [0, 0.1) is 18.8 Å². The Morgan fingerprint density at radius 3 is 2.85 bits per heavy atom. The van der Waals surface area contributed by atoms with Gasteiger partial charge in [0, 0.05) is 16.5 Å². The van der Waals surface area contributed by atoms with E-state index in [-0.39, 0.29) is 0 Å². The molecule has 0 aliphatic carbocycles. The Morgan fingerprint density at radius 1 is 1.54 bits per heavy atom. The molecule has 0 saturated heterocycles. The molecule has 66 valence electrons. The summed E-state index contributed by atoms with van der Waals surface area (Å²) in [5, 5.41) is 8.88. The average molecular weight is 195 g/mol. The van der Waals surface area contributed by atoms with Gasteiger partial charge in [-0.25, -0.2) is 4.79 Å². The highest BCUT2D eigenvalue weighted by molar-refractivity contribution is 6.30. The van der Waals surface area contributed by atoms with Crippen molar-refractivity contribution in [2.75, 3.05) is 0 Å². The van der Waals surface area contributed by atoms with Gasteiger partial charge < -0.3 is 5.11 Å². The van der Waals surface area contributed by atoms with Crippen LogP contribution in [-0.2, 0) is 4.79 Å². The van der Waals surface area contributed by atoms with Crippen molar-refractivity contribution in [2.24, 2.45) is 0 Å². The van der Waals surface area contributed by atoms with Gasteiger partial charge in [-0.2, -0.15) is 0 Å². The number of aliphatic carboxylic acids is 1. The lowest BCUT2D eigenvalue weighted by Gasteiger charge is -1.96. The third kappa shape index (κ3) is 2.81. The minimum atomic E-state index is -1.14. The van der Waals surface area contributed by atoms with Crippen LogP contribution >= 0.6 is 11.6 Å². The number of aryl methyl sites for hydroxylation is 1. The molecule has 13 heavy (non-hydrogen) atoms. The largest absolute Gasteiger partial charge is 0.472 e. The highest BCUT2D eigenvalue weighted by atomic mass is 35.5. The predicted molar refractivity (Wildman–Crippen MR) is 50.7 cm³/mol. The van der Waals surface area contributed by atoms with Crippen LogP contribution in [-0.4, -0.2) is 11.1 Å². The molecule has 1 rings (SSSR count). The molecule has 1 aromatic rings. The van der Waals surface area contributed by atoms with Gasteiger partial charge in [0.2, 0.25) is 0 Å². The number of carbonyl (C=O) groups is 1. The summed E-state index contributed by atoms with van der Waals surface area (Å²) in [6, 6.07) is 5.18. The summed E-state index contributed by atoms with van der Waals surface area (Å²) >= 11 is 5.72. The van der Waals surface area contributed by atoms with Crippen LogP contribution < -0.4 is 0 Å². The van der Waals surface area contributed by atoms with Crippen LogP contribution in [0.3, 0.4) is 0 Å². The minimum Gasteiger partial charge on any atom is -0.472 e. The van der Waals surface area contributed by atoms with Crippen molar-refractivity contribution < 1.29 is 9.90 Å². The topological polar surface area (TPSA) is 37.3 Å². The van der Waals surface area contributed by atoms with E-state index >= 15 is 0 Å². The summed E-state index contributed by atoms with van der Waals surface area (Å²) in [4.78, 5) is 10.2. The number of carboxylic acids is 1. The van der Waals surface area contributed by atoms with E-state index in [0.29, 0.717) is 10.6 Å². The molecule has 0 fully saturated rings. The molecule has 0 aliphatic heterocycles. The number of rotatable bonds is 0. The third-order valence-corrected chi connectivity index (χ3v) is 1.74. The maximum Gasteiger partial charge on any atom is 0.382 e. The van der Waals surface area contributed by atoms with E-state index in [1.54, 1.807) is 18.2 Å². The van der Waals surface area contributed by atoms with E-state index < -0.39 is 5.97 Å². The summed E-state index contributed by atoms with van der Waals surface area (Å²) in [5.74, 6) is 3.42. The number of halogens is 1. The van der Waals surface area contributed by atoms with Gasteiger partial charge in [-0.05, 0) is 24.6 Å². The maximum absolute atomic E-state index is 10.2. The molecule has 0 spiro atoms. The Hall–Kier alpha value is -1.46. The summed E-state index contributed by atoms with van der Waals surface area (Å²) in [5.41, 5.74) is 1.56. The van der Waals surface area contributed by atoms with Crippen LogP contribution in [0.5, 0.6) is 0 Å². The normalized spacial score (nSPS) is 8.77. The van der Waals surface area contributed by atoms with E-state index in [1.807, 2.05) is 12.8 Å². The second-order valence-electron chi connectivity index (χ2n) is 2.51. The summed E-state index contributed by atoms with van der Waals surface area (Å²) in [7, 11) is 0. The first-order valence-electron chi connectivity index (χ1n) is 3.60. The van der Waals surface area contributed by atoms with E-state index in [1.165, 1.54) is 0 Å². The fraction of sp³-hybridized carbons (Fsp3) is 0.100. The maximum atomic E-state index is 10.2. The first-order valence-corrected chi connectivity index (χ1v) is 3.98. The molecule has 0 heterocycles. The Morgan fingerprint density at radius 2 is 2.23 bits per heavy atom. The average Bonchev–Trinajstić information content (AvgIpc) is 2.06. The Bertz CT molecular complexity index is 399. The second-order valence-corrected chi connectivity index (χ2v) is 2.95. The van der Waals surface area contributed by atoms with Crippen molar-refractivity contribution in [2.45, 2.75) is 6.92 Å². The van der Waals surface area contributed by atoms with Gasteiger partial charge in [-0.3, -0.25) is 0 Å². The lowest BCUT2D eigenvalue weighted by Crippen LogP contribution is -1.88. The molecule has 0 aliphatic rings. The molecule has 0 saturated carbocycles. The molecule has 3 heteroatoms. The molecular weight excluding hydrogens is 188 g/mol. The van der Waals surface area contributed by atoms with Gasteiger partial charge in [0.1, 0.15) is 0 Å². The molecule has 2 nitrogen and oxygen atoms in total. The molecule has 1 N–H and O–H groups in total. The van der Waals surface area contributed by atoms with E-state index in [2.05, 4.69) is 5.92 Å². The number of carboxylic acid groups (broad SMARTS) is 1. The highest BCUT2D eigenvalue weighted by Crippen LogP contribution is 2.13. The zero-order chi connectivity index (χ0) is 9.84. The number of hydrogen-bond acceptors (Lipinski definition) is 1. The van der Waals surface area contributed by atoms with Gasteiger partial charge in [0.05, 0.1) is 0 Å². The van der Waals surface area contributed by atoms with Gasteiger partial charge in [-0.1, -0.05) is 23.6 Å². The summed E-state index contributed by atoms with van der Waals surface area (Å²) < 4.78 is 0. The molecule has 1 aromatic carbocycles. The molecule has 0 amide bonds. The predicted octanol–water partition coefficient (Wildman–Crippen LogP) is 2.08. The first-order chi connectivity index (χ1) is 6.09. The van der Waals surface area contributed by atoms with E-state index in [4.69, 9.17) is 16.7 Å². The second kappa shape index (κ2) is 3.97. The number of hydrogen-bond donors (Lipinski definition) is 1. The molecule has 0 bridgehead atoms. The molecule has 0 aromatic heterocycles. The highest BCUT2D eigenvalue weighted by Gasteiger charge is 1.95. The fourth-order valence-electron chi connectivity index (χ4n) is 0.850.